The van der Waals surface area contributed by atoms with Crippen molar-refractivity contribution in [3.8, 4) is 0 Å². The molecule has 5 heterocycles. The Morgan fingerprint density at radius 3 is 2.68 bits per heavy atom. The topological polar surface area (TPSA) is 98.8 Å². The Morgan fingerprint density at radius 2 is 2.00 bits per heavy atom. The molecule has 2 bridgehead atoms. The highest BCUT2D eigenvalue weighted by atomic mass is 19.3. The van der Waals surface area contributed by atoms with Crippen molar-refractivity contribution in [2.24, 2.45) is 0 Å². The normalized spacial score (nSPS) is 22.8. The van der Waals surface area contributed by atoms with Gasteiger partial charge >= 0.3 is 6.43 Å². The summed E-state index contributed by atoms with van der Waals surface area (Å²) in [6.45, 7) is 1.92. The van der Waals surface area contributed by atoms with E-state index in [1.807, 2.05) is 31.2 Å². The number of pyridine rings is 2. The molecule has 2 saturated heterocycles. The van der Waals surface area contributed by atoms with Gasteiger partial charge in [-0.1, -0.05) is 0 Å². The summed E-state index contributed by atoms with van der Waals surface area (Å²) < 4.78 is 26.0. The Bertz CT molecular complexity index is 1100. The van der Waals surface area contributed by atoms with Crippen LogP contribution in [0, 0.1) is 6.92 Å². The van der Waals surface area contributed by atoms with Gasteiger partial charge in [0.2, 0.25) is 0 Å². The molecule has 2 aliphatic heterocycles. The number of aromatic amines is 1. The monoisotopic (exact) mass is 427 g/mol. The summed E-state index contributed by atoms with van der Waals surface area (Å²) in [4.78, 5) is 22.5. The first kappa shape index (κ1) is 19.7. The average molecular weight is 427 g/mol. The number of halogens is 2. The van der Waals surface area contributed by atoms with Crippen molar-refractivity contribution in [2.75, 3.05) is 10.6 Å². The summed E-state index contributed by atoms with van der Waals surface area (Å²) in [5.74, 6) is 0.897. The fourth-order valence-corrected chi connectivity index (χ4v) is 4.82. The van der Waals surface area contributed by atoms with E-state index in [9.17, 15) is 13.6 Å². The van der Waals surface area contributed by atoms with Gasteiger partial charge in [0, 0.05) is 47.5 Å². The van der Waals surface area contributed by atoms with Crippen LogP contribution >= 0.6 is 0 Å². The number of nitrogens with zero attached hydrogens (tertiary/aromatic N) is 4. The second kappa shape index (κ2) is 7.75. The lowest BCUT2D eigenvalue weighted by Gasteiger charge is -2.39. The van der Waals surface area contributed by atoms with Gasteiger partial charge in [-0.3, -0.25) is 14.9 Å². The van der Waals surface area contributed by atoms with E-state index >= 15 is 0 Å². The summed E-state index contributed by atoms with van der Waals surface area (Å²) in [6, 6.07) is 7.27. The van der Waals surface area contributed by atoms with Gasteiger partial charge in [0.05, 0.1) is 5.52 Å². The number of carbonyl (C=O) groups is 1. The molecule has 3 aromatic heterocycles. The smallest absolute Gasteiger partial charge is 0.315 e. The summed E-state index contributed by atoms with van der Waals surface area (Å²) in [5.41, 5.74) is 1.71. The van der Waals surface area contributed by atoms with Crippen molar-refractivity contribution in [1.82, 2.24) is 25.1 Å². The third-order valence-electron chi connectivity index (χ3n) is 6.08. The van der Waals surface area contributed by atoms with Crippen LogP contribution < -0.4 is 10.6 Å². The Balaban J connectivity index is 1.39. The van der Waals surface area contributed by atoms with Gasteiger partial charge in [-0.25, -0.2) is 4.98 Å². The van der Waals surface area contributed by atoms with Gasteiger partial charge in [0.15, 0.2) is 5.82 Å². The quantitative estimate of drug-likeness (QED) is 0.576. The van der Waals surface area contributed by atoms with Crippen LogP contribution in [0.4, 0.5) is 26.2 Å². The fourth-order valence-electron chi connectivity index (χ4n) is 4.82. The number of piperidine rings is 1. The number of hydrogen-bond donors (Lipinski definition) is 3. The summed E-state index contributed by atoms with van der Waals surface area (Å²) in [7, 11) is 0. The first-order valence-electron chi connectivity index (χ1n) is 10.4. The maximum Gasteiger partial charge on any atom is 0.315 e. The molecule has 10 heteroatoms. The zero-order valence-electron chi connectivity index (χ0n) is 17.0. The van der Waals surface area contributed by atoms with Crippen molar-refractivity contribution >= 4 is 34.3 Å². The van der Waals surface area contributed by atoms with E-state index in [1.54, 1.807) is 6.20 Å². The minimum Gasteiger partial charge on any atom is -0.367 e. The van der Waals surface area contributed by atoms with Crippen LogP contribution in [0.3, 0.4) is 0 Å². The average Bonchev–Trinajstić information content (AvgIpc) is 3.27. The van der Waals surface area contributed by atoms with E-state index in [1.165, 1.54) is 4.90 Å². The van der Waals surface area contributed by atoms with E-state index in [-0.39, 0.29) is 18.1 Å². The number of rotatable bonds is 5. The number of aromatic nitrogens is 4. The Labute approximate surface area is 177 Å². The van der Waals surface area contributed by atoms with E-state index in [0.717, 1.165) is 29.4 Å². The molecule has 5 rings (SSSR count). The first-order chi connectivity index (χ1) is 15.0. The van der Waals surface area contributed by atoms with Crippen molar-refractivity contribution in [1.29, 1.82) is 0 Å². The van der Waals surface area contributed by atoms with Gasteiger partial charge in [-0.2, -0.15) is 13.9 Å². The van der Waals surface area contributed by atoms with Crippen molar-refractivity contribution in [3.63, 3.8) is 0 Å². The van der Waals surface area contributed by atoms with Gasteiger partial charge < -0.3 is 15.5 Å². The minimum atomic E-state index is -2.95. The third kappa shape index (κ3) is 3.77. The van der Waals surface area contributed by atoms with Gasteiger partial charge in [0.25, 0.3) is 5.91 Å². The standard InChI is InChI=1S/C21H23F2N7O/c1-11-7-18(29-28-11)26-17-10-16-15(3-2-6-24-16)20(27-17)25-12-8-13-4-5-14(9-12)30(13)21(31)19(22)23/h2-3,6-7,10,12-14,19H,4-5,8-9H2,1H3,(H3,25,26,27,28,29)/t12?,13-,14+. The molecule has 2 fully saturated rings. The molecule has 2 aliphatic rings. The molecule has 0 saturated carbocycles. The van der Waals surface area contributed by atoms with Crippen LogP contribution in [0.25, 0.3) is 10.9 Å². The fraction of sp³-hybridized carbons (Fsp3) is 0.429. The number of nitrogens with one attached hydrogen (secondary N) is 3. The predicted molar refractivity (Wildman–Crippen MR) is 112 cm³/mol. The molecule has 31 heavy (non-hydrogen) atoms. The van der Waals surface area contributed by atoms with Crippen LogP contribution in [0.5, 0.6) is 0 Å². The zero-order chi connectivity index (χ0) is 21.5. The van der Waals surface area contributed by atoms with Crippen LogP contribution in [-0.2, 0) is 4.79 Å². The Hall–Kier alpha value is -3.30. The number of aryl methyl sites for hydroxylation is 1. The number of H-pyrrole nitrogens is 1. The molecule has 0 aliphatic carbocycles. The SMILES string of the molecule is Cc1cc(Nc2cc3ncccc3c(NC3C[C@H]4CC[C@@H](C3)N4C(=O)C(F)F)n2)n[nH]1. The largest absolute Gasteiger partial charge is 0.367 e. The molecule has 3 N–H and O–H groups in total. The Kier molecular flexibility index (Phi) is 4.91. The first-order valence-corrected chi connectivity index (χ1v) is 10.4. The van der Waals surface area contributed by atoms with Crippen molar-refractivity contribution in [3.05, 3.63) is 36.2 Å². The molecule has 0 spiro atoms. The summed E-state index contributed by atoms with van der Waals surface area (Å²) in [5, 5.41) is 14.6. The van der Waals surface area contributed by atoms with Crippen molar-refractivity contribution in [2.45, 2.75) is 57.2 Å². The molecule has 1 amide bonds. The van der Waals surface area contributed by atoms with Crippen LogP contribution in [0.2, 0.25) is 0 Å². The van der Waals surface area contributed by atoms with E-state index in [4.69, 9.17) is 4.98 Å². The predicted octanol–water partition coefficient (Wildman–Crippen LogP) is 3.60. The summed E-state index contributed by atoms with van der Waals surface area (Å²) in [6.07, 6.45) is 1.54. The number of hydrogen-bond acceptors (Lipinski definition) is 6. The van der Waals surface area contributed by atoms with Crippen molar-refractivity contribution < 1.29 is 13.6 Å². The molecular formula is C21H23F2N7O. The molecule has 3 atom stereocenters. The van der Waals surface area contributed by atoms with E-state index in [0.29, 0.717) is 30.3 Å². The van der Waals surface area contributed by atoms with Gasteiger partial charge in [-0.05, 0) is 44.7 Å². The third-order valence-corrected chi connectivity index (χ3v) is 6.08. The van der Waals surface area contributed by atoms with Gasteiger partial charge in [-0.15, -0.1) is 0 Å². The highest BCUT2D eigenvalue weighted by Gasteiger charge is 2.45. The molecule has 8 nitrogen and oxygen atoms in total. The second-order valence-corrected chi connectivity index (χ2v) is 8.23. The van der Waals surface area contributed by atoms with E-state index < -0.39 is 12.3 Å². The van der Waals surface area contributed by atoms with Crippen LogP contribution in [-0.4, -0.2) is 55.5 Å². The summed E-state index contributed by atoms with van der Waals surface area (Å²) >= 11 is 0. The van der Waals surface area contributed by atoms with E-state index in [2.05, 4.69) is 25.8 Å². The minimum absolute atomic E-state index is 0.0398. The highest BCUT2D eigenvalue weighted by Crippen LogP contribution is 2.38. The molecular weight excluding hydrogens is 404 g/mol. The van der Waals surface area contributed by atoms with Gasteiger partial charge in [0.1, 0.15) is 11.6 Å². The number of amides is 1. The molecule has 0 aromatic carbocycles. The molecule has 3 aromatic rings. The number of anilines is 3. The molecule has 162 valence electrons. The highest BCUT2D eigenvalue weighted by molar-refractivity contribution is 5.91. The lowest BCUT2D eigenvalue weighted by Crippen LogP contribution is -2.51. The van der Waals surface area contributed by atoms with Crippen LogP contribution in [0.15, 0.2) is 30.5 Å². The maximum absolute atomic E-state index is 13.0. The second-order valence-electron chi connectivity index (χ2n) is 8.23. The zero-order valence-corrected chi connectivity index (χ0v) is 17.0. The Morgan fingerprint density at radius 1 is 1.23 bits per heavy atom. The lowest BCUT2D eigenvalue weighted by atomic mass is 9.97. The number of alkyl halides is 2. The number of fused-ring (bicyclic) bond motifs is 3. The molecule has 1 unspecified atom stereocenters. The molecule has 0 radical (unpaired) electrons. The lowest BCUT2D eigenvalue weighted by molar-refractivity contribution is -0.147. The van der Waals surface area contributed by atoms with Crippen LogP contribution in [0.1, 0.15) is 31.4 Å². The number of carbonyl (C=O) groups excluding carboxylic acids is 1. The maximum atomic E-state index is 13.0.